The molecule has 1 aliphatic carbocycles. The third kappa shape index (κ3) is 4.71. The second kappa shape index (κ2) is 10.1. The van der Waals surface area contributed by atoms with Crippen molar-refractivity contribution in [1.29, 1.82) is 0 Å². The van der Waals surface area contributed by atoms with Crippen molar-refractivity contribution < 1.29 is 32.1 Å². The van der Waals surface area contributed by atoms with Gasteiger partial charge in [0.1, 0.15) is 11.6 Å². The van der Waals surface area contributed by atoms with Gasteiger partial charge in [-0.1, -0.05) is 11.6 Å². The van der Waals surface area contributed by atoms with E-state index in [1.165, 1.54) is 12.1 Å². The van der Waals surface area contributed by atoms with Gasteiger partial charge in [0.15, 0.2) is 17.5 Å². The molecular formula is C26H23F3N4O4S. The predicted octanol–water partition coefficient (Wildman–Crippen LogP) is 4.43. The molecule has 1 atom stereocenters. The van der Waals surface area contributed by atoms with E-state index < -0.39 is 46.5 Å². The lowest BCUT2D eigenvalue weighted by molar-refractivity contribution is 0.0779. The molecule has 0 spiro atoms. The van der Waals surface area contributed by atoms with Gasteiger partial charge in [0.25, 0.3) is 11.8 Å². The molecule has 5 rings (SSSR count). The normalized spacial score (nSPS) is 21.3. The van der Waals surface area contributed by atoms with E-state index in [0.29, 0.717) is 25.7 Å². The Bertz CT molecular complexity index is 1460. The van der Waals surface area contributed by atoms with E-state index in [9.17, 15) is 32.1 Å². The largest absolute Gasteiger partial charge is 0.507 e. The molecule has 1 fully saturated rings. The summed E-state index contributed by atoms with van der Waals surface area (Å²) in [6.45, 7) is 1.81. The first-order chi connectivity index (χ1) is 18.1. The fourth-order valence-electron chi connectivity index (χ4n) is 4.77. The maximum atomic E-state index is 14.1. The van der Waals surface area contributed by atoms with E-state index in [2.05, 4.69) is 10.3 Å². The number of anilines is 2. The van der Waals surface area contributed by atoms with E-state index in [4.69, 9.17) is 0 Å². The number of carbonyl (C=O) groups is 2. The van der Waals surface area contributed by atoms with Gasteiger partial charge < -0.3 is 10.4 Å². The van der Waals surface area contributed by atoms with Crippen LogP contribution >= 0.6 is 0 Å². The molecule has 1 aliphatic heterocycles. The molecule has 0 radical (unpaired) electrons. The van der Waals surface area contributed by atoms with Crippen LogP contribution < -0.4 is 9.62 Å². The average Bonchev–Trinajstić information content (AvgIpc) is 2.89. The molecule has 2 heterocycles. The molecule has 2 aliphatic rings. The molecule has 1 saturated carbocycles. The number of rotatable bonds is 4. The van der Waals surface area contributed by atoms with Gasteiger partial charge in [0.05, 0.1) is 23.0 Å². The minimum atomic E-state index is -2.21. The first-order valence-corrected chi connectivity index (χ1v) is 13.0. The SMILES string of the molecule is Cc1ccc(O)c(C(=O)NC2CCC(N3C(=O)c4cc(F)cnc4N(c4ccc(F)c(F)c4)S3=O)CC2)c1. The third-order valence-electron chi connectivity index (χ3n) is 6.68. The van der Waals surface area contributed by atoms with Crippen LogP contribution in [0.25, 0.3) is 0 Å². The smallest absolute Gasteiger partial charge is 0.271 e. The molecular weight excluding hydrogens is 521 g/mol. The average molecular weight is 545 g/mol. The van der Waals surface area contributed by atoms with Crippen LogP contribution in [-0.2, 0) is 11.2 Å². The number of fused-ring (bicyclic) bond motifs is 1. The molecule has 0 saturated heterocycles. The summed E-state index contributed by atoms with van der Waals surface area (Å²) in [4.78, 5) is 30.0. The van der Waals surface area contributed by atoms with Crippen molar-refractivity contribution in [2.24, 2.45) is 0 Å². The molecule has 8 nitrogen and oxygen atoms in total. The van der Waals surface area contributed by atoms with Crippen molar-refractivity contribution in [1.82, 2.24) is 14.6 Å². The first-order valence-electron chi connectivity index (χ1n) is 11.9. The number of aryl methyl sites for hydroxylation is 1. The summed E-state index contributed by atoms with van der Waals surface area (Å²) >= 11 is -2.21. The van der Waals surface area contributed by atoms with Gasteiger partial charge in [-0.2, -0.15) is 0 Å². The van der Waals surface area contributed by atoms with Crippen molar-refractivity contribution in [3.05, 3.63) is 82.8 Å². The summed E-state index contributed by atoms with van der Waals surface area (Å²) in [7, 11) is 0. The molecule has 0 bridgehead atoms. The number of phenols is 1. The van der Waals surface area contributed by atoms with Crippen molar-refractivity contribution in [2.75, 3.05) is 4.31 Å². The number of phenolic OH excluding ortho intramolecular Hbond substituents is 1. The van der Waals surface area contributed by atoms with E-state index in [0.717, 1.165) is 38.6 Å². The van der Waals surface area contributed by atoms with Crippen molar-refractivity contribution in [2.45, 2.75) is 44.7 Å². The van der Waals surface area contributed by atoms with E-state index in [1.54, 1.807) is 19.1 Å². The van der Waals surface area contributed by atoms with Crippen LogP contribution in [-0.4, -0.2) is 42.5 Å². The number of hydrogen-bond donors (Lipinski definition) is 2. The second-order valence-corrected chi connectivity index (χ2v) is 10.5. The van der Waals surface area contributed by atoms with Crippen molar-refractivity contribution in [3.8, 4) is 5.75 Å². The van der Waals surface area contributed by atoms with Gasteiger partial charge >= 0.3 is 0 Å². The molecule has 1 unspecified atom stereocenters. The third-order valence-corrected chi connectivity index (χ3v) is 8.18. The maximum absolute atomic E-state index is 14.1. The van der Waals surface area contributed by atoms with E-state index in [-0.39, 0.29) is 34.4 Å². The standard InChI is InChI=1S/C26H23F3N4O4S/c1-14-2-9-23(34)19(10-14)25(35)31-16-3-5-17(6-4-16)33-26(36)20-11-15(27)13-30-24(20)32(38(33)37)18-7-8-21(28)22(29)12-18/h2,7-13,16-17,34H,3-6H2,1H3,(H,31,35). The molecule has 2 amide bonds. The Morgan fingerprint density at radius 3 is 2.50 bits per heavy atom. The van der Waals surface area contributed by atoms with Gasteiger partial charge in [-0.25, -0.2) is 31.0 Å². The first kappa shape index (κ1) is 25.7. The zero-order valence-corrected chi connectivity index (χ0v) is 21.0. The summed E-state index contributed by atoms with van der Waals surface area (Å²) in [5.74, 6) is -4.43. The van der Waals surface area contributed by atoms with Crippen LogP contribution in [0.5, 0.6) is 5.75 Å². The number of carbonyl (C=O) groups excluding carboxylic acids is 2. The molecule has 2 N–H and O–H groups in total. The van der Waals surface area contributed by atoms with Gasteiger partial charge in [-0.05, 0) is 62.9 Å². The zero-order valence-electron chi connectivity index (χ0n) is 20.2. The highest BCUT2D eigenvalue weighted by Crippen LogP contribution is 2.38. The fraction of sp³-hybridized carbons (Fsp3) is 0.269. The lowest BCUT2D eigenvalue weighted by atomic mass is 9.90. The highest BCUT2D eigenvalue weighted by Gasteiger charge is 2.43. The number of aromatic nitrogens is 1. The molecule has 198 valence electrons. The van der Waals surface area contributed by atoms with Crippen LogP contribution in [0.3, 0.4) is 0 Å². The topological polar surface area (TPSA) is 103 Å². The Morgan fingerprint density at radius 2 is 1.79 bits per heavy atom. The minimum Gasteiger partial charge on any atom is -0.507 e. The summed E-state index contributed by atoms with van der Waals surface area (Å²) in [6, 6.07) is 7.82. The summed E-state index contributed by atoms with van der Waals surface area (Å²) < 4.78 is 57.5. The van der Waals surface area contributed by atoms with Crippen molar-refractivity contribution in [3.63, 3.8) is 0 Å². The van der Waals surface area contributed by atoms with E-state index in [1.807, 2.05) is 0 Å². The van der Waals surface area contributed by atoms with Crippen LogP contribution in [0, 0.1) is 24.4 Å². The van der Waals surface area contributed by atoms with Crippen molar-refractivity contribution >= 4 is 34.5 Å². The Balaban J connectivity index is 1.37. The highest BCUT2D eigenvalue weighted by molar-refractivity contribution is 7.85. The number of nitrogens with one attached hydrogen (secondary N) is 1. The van der Waals surface area contributed by atoms with Gasteiger partial charge in [-0.15, -0.1) is 0 Å². The summed E-state index contributed by atoms with van der Waals surface area (Å²) in [5, 5.41) is 12.9. The van der Waals surface area contributed by atoms with Gasteiger partial charge in [0.2, 0.25) is 11.2 Å². The Morgan fingerprint density at radius 1 is 1.05 bits per heavy atom. The quantitative estimate of drug-likeness (QED) is 0.506. The zero-order chi connectivity index (χ0) is 27.1. The highest BCUT2D eigenvalue weighted by atomic mass is 32.2. The number of hydrogen-bond acceptors (Lipinski definition) is 5. The molecule has 1 aromatic heterocycles. The number of pyridine rings is 1. The molecule has 12 heteroatoms. The van der Waals surface area contributed by atoms with Crippen LogP contribution in [0.4, 0.5) is 24.7 Å². The number of halogens is 3. The Kier molecular flexibility index (Phi) is 6.82. The van der Waals surface area contributed by atoms with Crippen LogP contribution in [0.2, 0.25) is 0 Å². The number of amides is 2. The van der Waals surface area contributed by atoms with Crippen LogP contribution in [0.15, 0.2) is 48.7 Å². The monoisotopic (exact) mass is 544 g/mol. The number of benzene rings is 2. The predicted molar refractivity (Wildman–Crippen MR) is 133 cm³/mol. The fourth-order valence-corrected chi connectivity index (χ4v) is 6.24. The van der Waals surface area contributed by atoms with E-state index >= 15 is 0 Å². The molecule has 38 heavy (non-hydrogen) atoms. The number of aromatic hydroxyl groups is 1. The molecule has 2 aromatic carbocycles. The van der Waals surface area contributed by atoms with Crippen LogP contribution in [0.1, 0.15) is 52.0 Å². The minimum absolute atomic E-state index is 0.0148. The van der Waals surface area contributed by atoms with Gasteiger partial charge in [-0.3, -0.25) is 9.59 Å². The summed E-state index contributed by atoms with van der Waals surface area (Å²) in [5.41, 5.74) is 0.811. The lowest BCUT2D eigenvalue weighted by Gasteiger charge is -2.41. The second-order valence-electron chi connectivity index (χ2n) is 9.28. The Labute approximate surface area is 218 Å². The summed E-state index contributed by atoms with van der Waals surface area (Å²) in [6.07, 6.45) is 2.48. The maximum Gasteiger partial charge on any atom is 0.271 e. The Hall–Kier alpha value is -3.93. The van der Waals surface area contributed by atoms with Gasteiger partial charge in [0, 0.05) is 18.2 Å². The number of nitrogens with zero attached hydrogens (tertiary/aromatic N) is 3. The molecule has 3 aromatic rings. The lowest BCUT2D eigenvalue weighted by Crippen LogP contribution is -2.52.